The normalized spacial score (nSPS) is 17.0. The summed E-state index contributed by atoms with van der Waals surface area (Å²) in [6, 6.07) is -0.721. The number of carbonyl (C=O) groups is 3. The van der Waals surface area contributed by atoms with Crippen LogP contribution in [0, 0.1) is 0 Å². The van der Waals surface area contributed by atoms with Gasteiger partial charge < -0.3 is 25.5 Å². The predicted molar refractivity (Wildman–Crippen MR) is 100 cm³/mol. The van der Waals surface area contributed by atoms with Gasteiger partial charge in [0.25, 0.3) is 11.5 Å². The van der Waals surface area contributed by atoms with Gasteiger partial charge in [-0.05, 0) is 12.8 Å². The van der Waals surface area contributed by atoms with Crippen LogP contribution in [0.3, 0.4) is 0 Å². The van der Waals surface area contributed by atoms with Crippen LogP contribution in [0.25, 0.3) is 0 Å². The van der Waals surface area contributed by atoms with E-state index in [2.05, 4.69) is 25.6 Å². The van der Waals surface area contributed by atoms with Gasteiger partial charge >= 0.3 is 5.69 Å². The van der Waals surface area contributed by atoms with Gasteiger partial charge in [-0.3, -0.25) is 24.2 Å². The maximum atomic E-state index is 13.2. The minimum absolute atomic E-state index is 0.0922. The number of imidazole rings is 1. The first kappa shape index (κ1) is 20.0. The molecule has 0 spiro atoms. The highest BCUT2D eigenvalue weighted by Gasteiger charge is 2.37. The predicted octanol–water partition coefficient (Wildman–Crippen LogP) is -2.14. The number of rotatable bonds is 6. The van der Waals surface area contributed by atoms with Crippen LogP contribution in [0.4, 0.5) is 0 Å². The number of aromatic nitrogens is 4. The average Bonchev–Trinajstić information content (AvgIpc) is 3.37. The molecule has 1 unspecified atom stereocenters. The second-order valence-electron chi connectivity index (χ2n) is 6.61. The number of likely N-dealkylation sites (tertiary alicyclic amines) is 1. The third-order valence-electron chi connectivity index (χ3n) is 4.67. The third kappa shape index (κ3) is 4.59. The molecule has 1 aliphatic rings. The number of carbonyl (C=O) groups excluding carboxylic acids is 3. The van der Waals surface area contributed by atoms with Crippen LogP contribution < -0.4 is 21.9 Å². The Hall–Kier alpha value is -3.70. The number of hydrogen-bond donors (Lipinski definition) is 5. The number of H-pyrrole nitrogens is 3. The number of nitrogens with zero attached hydrogens (tertiary/aromatic N) is 2. The van der Waals surface area contributed by atoms with Gasteiger partial charge in [0.15, 0.2) is 0 Å². The smallest absolute Gasteiger partial charge is 0.326 e. The zero-order valence-corrected chi connectivity index (χ0v) is 15.7. The molecular formula is C17H21N7O5. The van der Waals surface area contributed by atoms with Gasteiger partial charge in [0.05, 0.1) is 6.33 Å². The van der Waals surface area contributed by atoms with Crippen molar-refractivity contribution in [3.63, 3.8) is 0 Å². The molecule has 0 bridgehead atoms. The Kier molecular flexibility index (Phi) is 5.90. The molecule has 3 rings (SSSR count). The Morgan fingerprint density at radius 2 is 2.10 bits per heavy atom. The quantitative estimate of drug-likeness (QED) is 0.368. The molecule has 0 saturated carbocycles. The van der Waals surface area contributed by atoms with E-state index in [4.69, 9.17) is 0 Å². The molecule has 154 valence electrons. The van der Waals surface area contributed by atoms with Gasteiger partial charge in [0.1, 0.15) is 17.8 Å². The molecule has 12 heteroatoms. The summed E-state index contributed by atoms with van der Waals surface area (Å²) in [5.41, 5.74) is -1.25. The van der Waals surface area contributed by atoms with Crippen molar-refractivity contribution < 1.29 is 14.4 Å². The minimum atomic E-state index is -1.03. The Morgan fingerprint density at radius 3 is 2.76 bits per heavy atom. The highest BCUT2D eigenvalue weighted by Crippen LogP contribution is 2.19. The van der Waals surface area contributed by atoms with E-state index in [1.54, 1.807) is 0 Å². The third-order valence-corrected chi connectivity index (χ3v) is 4.67. The molecule has 2 atom stereocenters. The largest absolute Gasteiger partial charge is 0.357 e. The molecule has 5 N–H and O–H groups in total. The monoisotopic (exact) mass is 403 g/mol. The van der Waals surface area contributed by atoms with Crippen molar-refractivity contribution in [2.75, 3.05) is 13.6 Å². The first-order valence-electron chi connectivity index (χ1n) is 9.03. The second-order valence-corrected chi connectivity index (χ2v) is 6.61. The van der Waals surface area contributed by atoms with Crippen molar-refractivity contribution in [1.82, 2.24) is 35.5 Å². The minimum Gasteiger partial charge on any atom is -0.357 e. The molecule has 1 aliphatic heterocycles. The molecule has 12 nitrogen and oxygen atoms in total. The molecule has 3 amide bonds. The molecule has 1 fully saturated rings. The molecule has 0 aromatic carbocycles. The lowest BCUT2D eigenvalue weighted by atomic mass is 10.1. The van der Waals surface area contributed by atoms with Crippen LogP contribution in [-0.4, -0.2) is 68.2 Å². The molecule has 0 radical (unpaired) electrons. The van der Waals surface area contributed by atoms with Crippen molar-refractivity contribution in [2.45, 2.75) is 31.3 Å². The van der Waals surface area contributed by atoms with E-state index < -0.39 is 35.1 Å². The van der Waals surface area contributed by atoms with E-state index in [9.17, 15) is 24.0 Å². The fourth-order valence-electron chi connectivity index (χ4n) is 3.31. The molecule has 0 aliphatic carbocycles. The average molecular weight is 403 g/mol. The summed E-state index contributed by atoms with van der Waals surface area (Å²) in [6.45, 7) is 0.383. The molecular weight excluding hydrogens is 382 g/mol. The van der Waals surface area contributed by atoms with Crippen molar-refractivity contribution in [2.24, 2.45) is 0 Å². The Bertz CT molecular complexity index is 981. The van der Waals surface area contributed by atoms with Gasteiger partial charge in [0.2, 0.25) is 11.8 Å². The fourth-order valence-corrected chi connectivity index (χ4v) is 3.31. The highest BCUT2D eigenvalue weighted by molar-refractivity contribution is 5.97. The number of aromatic amines is 3. The van der Waals surface area contributed by atoms with Crippen molar-refractivity contribution in [3.8, 4) is 0 Å². The lowest BCUT2D eigenvalue weighted by Gasteiger charge is -2.28. The van der Waals surface area contributed by atoms with E-state index in [0.717, 1.165) is 6.07 Å². The van der Waals surface area contributed by atoms with Gasteiger partial charge in [-0.25, -0.2) is 9.78 Å². The SMILES string of the molecule is CNC(=O)C1CCCN1C(=O)[C@H](Cc1cnc[nH]1)NC(=O)c1cc(=O)[nH]c(=O)[nH]1. The second kappa shape index (κ2) is 8.54. The zero-order valence-electron chi connectivity index (χ0n) is 15.7. The Labute approximate surface area is 164 Å². The van der Waals surface area contributed by atoms with Crippen LogP contribution >= 0.6 is 0 Å². The van der Waals surface area contributed by atoms with Crippen molar-refractivity contribution >= 4 is 17.7 Å². The van der Waals surface area contributed by atoms with E-state index in [1.807, 2.05) is 4.98 Å². The number of nitrogens with one attached hydrogen (secondary N) is 5. The van der Waals surface area contributed by atoms with Gasteiger partial charge in [0, 0.05) is 38.0 Å². The van der Waals surface area contributed by atoms with Crippen LogP contribution in [0.15, 0.2) is 28.2 Å². The molecule has 2 aromatic heterocycles. The molecule has 29 heavy (non-hydrogen) atoms. The van der Waals surface area contributed by atoms with E-state index in [-0.39, 0.29) is 18.0 Å². The van der Waals surface area contributed by atoms with Crippen LogP contribution in [0.2, 0.25) is 0 Å². The van der Waals surface area contributed by atoms with Gasteiger partial charge in [-0.1, -0.05) is 0 Å². The zero-order chi connectivity index (χ0) is 21.0. The summed E-state index contributed by atoms with van der Waals surface area (Å²) in [4.78, 5) is 73.1. The first-order valence-corrected chi connectivity index (χ1v) is 9.03. The summed E-state index contributed by atoms with van der Waals surface area (Å²) in [6.07, 6.45) is 4.24. The number of likely N-dealkylation sites (N-methyl/N-ethyl adjacent to an activating group) is 1. The summed E-state index contributed by atoms with van der Waals surface area (Å²) < 4.78 is 0. The Morgan fingerprint density at radius 1 is 1.31 bits per heavy atom. The van der Waals surface area contributed by atoms with Crippen molar-refractivity contribution in [3.05, 3.63) is 50.8 Å². The van der Waals surface area contributed by atoms with Crippen LogP contribution in [-0.2, 0) is 16.0 Å². The summed E-state index contributed by atoms with van der Waals surface area (Å²) >= 11 is 0. The Balaban J connectivity index is 1.85. The molecule has 3 heterocycles. The van der Waals surface area contributed by atoms with Gasteiger partial charge in [-0.15, -0.1) is 0 Å². The van der Waals surface area contributed by atoms with Crippen LogP contribution in [0.1, 0.15) is 29.0 Å². The maximum absolute atomic E-state index is 13.2. The van der Waals surface area contributed by atoms with E-state index in [1.165, 1.54) is 24.5 Å². The summed E-state index contributed by atoms with van der Waals surface area (Å²) in [7, 11) is 1.50. The topological polar surface area (TPSA) is 173 Å². The fraction of sp³-hybridized carbons (Fsp3) is 0.412. The summed E-state index contributed by atoms with van der Waals surface area (Å²) in [5, 5.41) is 5.09. The molecule has 1 saturated heterocycles. The van der Waals surface area contributed by atoms with E-state index in [0.29, 0.717) is 25.1 Å². The lowest BCUT2D eigenvalue weighted by molar-refractivity contribution is -0.139. The standard InChI is InChI=1S/C17H21N7O5/c1-18-15(27)12-3-2-4-24(12)16(28)11(5-9-7-19-8-20-9)21-14(26)10-6-13(25)23-17(29)22-10/h6-8,11-12H,2-5H2,1H3,(H,18,27)(H,19,20)(H,21,26)(H2,22,23,25,29)/t11-,12?/m0/s1. The lowest BCUT2D eigenvalue weighted by Crippen LogP contribution is -2.54. The van der Waals surface area contributed by atoms with E-state index >= 15 is 0 Å². The molecule has 2 aromatic rings. The van der Waals surface area contributed by atoms with Crippen LogP contribution in [0.5, 0.6) is 0 Å². The maximum Gasteiger partial charge on any atom is 0.326 e. The number of hydrogen-bond acceptors (Lipinski definition) is 6. The summed E-state index contributed by atoms with van der Waals surface area (Å²) in [5.74, 6) is -1.51. The van der Waals surface area contributed by atoms with Gasteiger partial charge in [-0.2, -0.15) is 0 Å². The highest BCUT2D eigenvalue weighted by atomic mass is 16.2. The first-order chi connectivity index (χ1) is 13.9. The van der Waals surface area contributed by atoms with Crippen molar-refractivity contribution in [1.29, 1.82) is 0 Å². The number of amides is 3.